The molecule has 3 heteroatoms. The summed E-state index contributed by atoms with van der Waals surface area (Å²) in [4.78, 5) is 9.02. The molecule has 2 aromatic rings. The fourth-order valence-corrected chi connectivity index (χ4v) is 2.31. The summed E-state index contributed by atoms with van der Waals surface area (Å²) in [6, 6.07) is 7.85. The monoisotopic (exact) mass is 214 g/mol. The van der Waals surface area contributed by atoms with Crippen LogP contribution in [0.5, 0.6) is 0 Å². The van der Waals surface area contributed by atoms with Crippen LogP contribution in [-0.2, 0) is 5.41 Å². The Kier molecular flexibility index (Phi) is 2.14. The van der Waals surface area contributed by atoms with Gasteiger partial charge in [0.25, 0.3) is 0 Å². The number of hydrogen-bond acceptors (Lipinski definition) is 3. The van der Waals surface area contributed by atoms with Crippen LogP contribution < -0.4 is 0 Å². The predicted molar refractivity (Wildman–Crippen MR) is 62.2 cm³/mol. The summed E-state index contributed by atoms with van der Waals surface area (Å²) in [5.74, 6) is 0. The molecule has 0 atom stereocenters. The molecule has 82 valence electrons. The van der Waals surface area contributed by atoms with E-state index < -0.39 is 0 Å². The summed E-state index contributed by atoms with van der Waals surface area (Å²) in [6.07, 6.45) is 5.04. The highest BCUT2D eigenvalue weighted by molar-refractivity contribution is 5.73. The number of aromatic nitrogens is 2. The largest absolute Gasteiger partial charge is 0.395 e. The molecule has 0 unspecified atom stereocenters. The Morgan fingerprint density at radius 1 is 1.19 bits per heavy atom. The first kappa shape index (κ1) is 9.73. The number of hydrogen-bond donors (Lipinski definition) is 1. The first-order valence-electron chi connectivity index (χ1n) is 5.67. The van der Waals surface area contributed by atoms with Gasteiger partial charge in [0.1, 0.15) is 0 Å². The van der Waals surface area contributed by atoms with Gasteiger partial charge in [0, 0.05) is 11.6 Å². The van der Waals surface area contributed by atoms with Gasteiger partial charge in [-0.15, -0.1) is 0 Å². The highest BCUT2D eigenvalue weighted by atomic mass is 16.3. The van der Waals surface area contributed by atoms with Gasteiger partial charge in [-0.05, 0) is 25.0 Å². The molecular formula is C13H14N2O. The topological polar surface area (TPSA) is 46.0 Å². The van der Waals surface area contributed by atoms with Crippen molar-refractivity contribution in [3.05, 3.63) is 36.2 Å². The molecule has 3 rings (SSSR count). The molecule has 3 nitrogen and oxygen atoms in total. The fraction of sp³-hybridized carbons (Fsp3) is 0.385. The Balaban J connectivity index is 2.11. The third-order valence-corrected chi connectivity index (χ3v) is 3.61. The second-order valence-electron chi connectivity index (χ2n) is 4.54. The van der Waals surface area contributed by atoms with Gasteiger partial charge in [0.15, 0.2) is 0 Å². The average molecular weight is 214 g/mol. The van der Waals surface area contributed by atoms with Crippen molar-refractivity contribution in [3.8, 4) is 0 Å². The van der Waals surface area contributed by atoms with E-state index in [0.29, 0.717) is 0 Å². The van der Waals surface area contributed by atoms with E-state index in [9.17, 15) is 5.11 Å². The minimum absolute atomic E-state index is 0.114. The number of aliphatic hydroxyl groups excluding tert-OH is 1. The SMILES string of the molecule is OCC1(c2cnc3ccccc3n2)CCC1. The Morgan fingerprint density at radius 2 is 1.94 bits per heavy atom. The lowest BCUT2D eigenvalue weighted by Gasteiger charge is -2.39. The van der Waals surface area contributed by atoms with Crippen LogP contribution in [0.3, 0.4) is 0 Å². The summed E-state index contributed by atoms with van der Waals surface area (Å²) in [5.41, 5.74) is 2.66. The number of nitrogens with zero attached hydrogens (tertiary/aromatic N) is 2. The molecule has 0 aliphatic heterocycles. The molecule has 1 aromatic heterocycles. The van der Waals surface area contributed by atoms with Gasteiger partial charge in [-0.3, -0.25) is 4.98 Å². The third-order valence-electron chi connectivity index (χ3n) is 3.61. The lowest BCUT2D eigenvalue weighted by Crippen LogP contribution is -2.38. The summed E-state index contributed by atoms with van der Waals surface area (Å²) < 4.78 is 0. The van der Waals surface area contributed by atoms with Gasteiger partial charge in [0.2, 0.25) is 0 Å². The Labute approximate surface area is 94.2 Å². The van der Waals surface area contributed by atoms with Crippen molar-refractivity contribution < 1.29 is 5.11 Å². The molecule has 1 saturated carbocycles. The van der Waals surface area contributed by atoms with Crippen LogP contribution in [0.2, 0.25) is 0 Å². The fourth-order valence-electron chi connectivity index (χ4n) is 2.31. The van der Waals surface area contributed by atoms with Crippen LogP contribution in [0, 0.1) is 0 Å². The summed E-state index contributed by atoms with van der Waals surface area (Å²) >= 11 is 0. The van der Waals surface area contributed by atoms with Crippen LogP contribution in [-0.4, -0.2) is 21.7 Å². The molecule has 0 amide bonds. The van der Waals surface area contributed by atoms with E-state index in [2.05, 4.69) is 9.97 Å². The molecule has 0 bridgehead atoms. The normalized spacial score (nSPS) is 18.3. The van der Waals surface area contributed by atoms with Crippen LogP contribution in [0.1, 0.15) is 25.0 Å². The minimum atomic E-state index is -0.114. The van der Waals surface area contributed by atoms with E-state index >= 15 is 0 Å². The maximum absolute atomic E-state index is 9.49. The summed E-state index contributed by atoms with van der Waals surface area (Å²) in [5, 5.41) is 9.49. The zero-order valence-electron chi connectivity index (χ0n) is 9.06. The zero-order valence-corrected chi connectivity index (χ0v) is 9.06. The van der Waals surface area contributed by atoms with E-state index in [1.54, 1.807) is 0 Å². The Morgan fingerprint density at radius 3 is 2.56 bits per heavy atom. The van der Waals surface area contributed by atoms with E-state index in [-0.39, 0.29) is 12.0 Å². The molecule has 1 aromatic carbocycles. The van der Waals surface area contributed by atoms with Gasteiger partial charge >= 0.3 is 0 Å². The molecule has 0 spiro atoms. The predicted octanol–water partition coefficient (Wildman–Crippen LogP) is 2.04. The maximum Gasteiger partial charge on any atom is 0.0890 e. The maximum atomic E-state index is 9.49. The zero-order chi connectivity index (χ0) is 11.0. The van der Waals surface area contributed by atoms with E-state index in [4.69, 9.17) is 0 Å². The van der Waals surface area contributed by atoms with Gasteiger partial charge < -0.3 is 5.11 Å². The standard InChI is InChI=1S/C13H14N2O/c16-9-13(6-3-7-13)12-8-14-10-4-1-2-5-11(10)15-12/h1-2,4-5,8,16H,3,6-7,9H2. The first-order valence-corrected chi connectivity index (χ1v) is 5.67. The number of aliphatic hydroxyl groups is 1. The van der Waals surface area contributed by atoms with Crippen molar-refractivity contribution in [2.75, 3.05) is 6.61 Å². The van der Waals surface area contributed by atoms with Crippen molar-refractivity contribution in [3.63, 3.8) is 0 Å². The highest BCUT2D eigenvalue weighted by Crippen LogP contribution is 2.42. The molecule has 1 heterocycles. The van der Waals surface area contributed by atoms with Gasteiger partial charge in [-0.1, -0.05) is 18.6 Å². The van der Waals surface area contributed by atoms with Gasteiger partial charge in [-0.2, -0.15) is 0 Å². The van der Waals surface area contributed by atoms with Crippen molar-refractivity contribution in [2.45, 2.75) is 24.7 Å². The van der Waals surface area contributed by atoms with Crippen LogP contribution >= 0.6 is 0 Å². The minimum Gasteiger partial charge on any atom is -0.395 e. The Hall–Kier alpha value is -1.48. The number of benzene rings is 1. The lowest BCUT2D eigenvalue weighted by atomic mass is 9.67. The summed E-state index contributed by atoms with van der Waals surface area (Å²) in [6.45, 7) is 0.181. The van der Waals surface area contributed by atoms with Crippen molar-refractivity contribution in [2.24, 2.45) is 0 Å². The van der Waals surface area contributed by atoms with Crippen LogP contribution in [0.4, 0.5) is 0 Å². The van der Waals surface area contributed by atoms with Crippen LogP contribution in [0.15, 0.2) is 30.5 Å². The van der Waals surface area contributed by atoms with Crippen molar-refractivity contribution >= 4 is 11.0 Å². The summed E-state index contributed by atoms with van der Waals surface area (Å²) in [7, 11) is 0. The van der Waals surface area contributed by atoms with E-state index in [0.717, 1.165) is 29.6 Å². The number of para-hydroxylation sites is 2. The first-order chi connectivity index (χ1) is 7.84. The molecule has 1 aliphatic rings. The second kappa shape index (κ2) is 3.52. The second-order valence-corrected chi connectivity index (χ2v) is 4.54. The van der Waals surface area contributed by atoms with Crippen LogP contribution in [0.25, 0.3) is 11.0 Å². The van der Waals surface area contributed by atoms with E-state index in [1.807, 2.05) is 30.5 Å². The third kappa shape index (κ3) is 1.32. The smallest absolute Gasteiger partial charge is 0.0890 e. The van der Waals surface area contributed by atoms with E-state index in [1.165, 1.54) is 6.42 Å². The number of fused-ring (bicyclic) bond motifs is 1. The molecule has 0 radical (unpaired) electrons. The molecule has 16 heavy (non-hydrogen) atoms. The molecule has 1 aliphatic carbocycles. The average Bonchev–Trinajstić information content (AvgIpc) is 2.28. The molecule has 1 fully saturated rings. The number of rotatable bonds is 2. The van der Waals surface area contributed by atoms with Gasteiger partial charge in [0.05, 0.1) is 23.3 Å². The quantitative estimate of drug-likeness (QED) is 0.832. The molecular weight excluding hydrogens is 200 g/mol. The van der Waals surface area contributed by atoms with Gasteiger partial charge in [-0.25, -0.2) is 4.98 Å². The van der Waals surface area contributed by atoms with Crippen molar-refractivity contribution in [1.29, 1.82) is 0 Å². The molecule has 1 N–H and O–H groups in total. The Bertz CT molecular complexity index is 515. The van der Waals surface area contributed by atoms with Crippen molar-refractivity contribution in [1.82, 2.24) is 9.97 Å². The lowest BCUT2D eigenvalue weighted by molar-refractivity contribution is 0.116. The molecule has 0 saturated heterocycles. The highest BCUT2D eigenvalue weighted by Gasteiger charge is 2.39.